The minimum absolute atomic E-state index is 0.0126. The van der Waals surface area contributed by atoms with E-state index in [1.807, 2.05) is 4.57 Å². The Morgan fingerprint density at radius 2 is 2.08 bits per heavy atom. The smallest absolute Gasteiger partial charge is 0.370 e. The molecule has 10 heteroatoms. The summed E-state index contributed by atoms with van der Waals surface area (Å²) < 4.78 is 40.3. The second kappa shape index (κ2) is 6.34. The maximum Gasteiger partial charge on any atom is 0.416 e. The number of nitro groups is 1. The lowest BCUT2D eigenvalue weighted by molar-refractivity contribution is -0.384. The van der Waals surface area contributed by atoms with Gasteiger partial charge in [-0.15, -0.1) is 10.2 Å². The van der Waals surface area contributed by atoms with Crippen LogP contribution in [0.15, 0.2) is 18.2 Å². The van der Waals surface area contributed by atoms with Crippen LogP contribution in [0.5, 0.6) is 0 Å². The molecule has 0 radical (unpaired) electrons. The lowest BCUT2D eigenvalue weighted by atomic mass is 10.1. The molecule has 1 aromatic carbocycles. The van der Waals surface area contributed by atoms with Crippen molar-refractivity contribution in [2.45, 2.75) is 44.9 Å². The third-order valence-electron chi connectivity index (χ3n) is 4.17. The largest absolute Gasteiger partial charge is 0.416 e. The molecule has 25 heavy (non-hydrogen) atoms. The van der Waals surface area contributed by atoms with Crippen molar-refractivity contribution < 1.29 is 18.1 Å². The molecule has 2 aromatic rings. The summed E-state index contributed by atoms with van der Waals surface area (Å²) in [5.41, 5.74) is -1.67. The van der Waals surface area contributed by atoms with E-state index in [0.717, 1.165) is 43.8 Å². The maximum atomic E-state index is 12.8. The molecular formula is C15H16F3N5O2. The number of hydrogen-bond donors (Lipinski definition) is 1. The van der Waals surface area contributed by atoms with E-state index in [1.165, 1.54) is 0 Å². The normalized spacial score (nSPS) is 15.5. The number of aryl methyl sites for hydroxylation is 1. The number of benzene rings is 1. The van der Waals surface area contributed by atoms with Gasteiger partial charge >= 0.3 is 6.18 Å². The minimum atomic E-state index is -4.64. The SMILES string of the molecule is CC(Nc1ccc(C(F)(F)F)cc1[N+](=O)[O-])c1nnc2n1CCCC2. The fourth-order valence-corrected chi connectivity index (χ4v) is 2.93. The van der Waals surface area contributed by atoms with Gasteiger partial charge in [-0.25, -0.2) is 0 Å². The number of nitro benzene ring substituents is 1. The second-order valence-electron chi connectivity index (χ2n) is 5.94. The fraction of sp³-hybridized carbons (Fsp3) is 0.467. The van der Waals surface area contributed by atoms with E-state index >= 15 is 0 Å². The van der Waals surface area contributed by atoms with Crippen molar-refractivity contribution in [3.05, 3.63) is 45.5 Å². The number of alkyl halides is 3. The van der Waals surface area contributed by atoms with Gasteiger partial charge in [0.2, 0.25) is 0 Å². The Kier molecular flexibility index (Phi) is 4.36. The van der Waals surface area contributed by atoms with Crippen LogP contribution >= 0.6 is 0 Å². The molecule has 1 aromatic heterocycles. The van der Waals surface area contributed by atoms with E-state index in [0.29, 0.717) is 11.9 Å². The summed E-state index contributed by atoms with van der Waals surface area (Å²) in [6.45, 7) is 2.51. The minimum Gasteiger partial charge on any atom is -0.370 e. The van der Waals surface area contributed by atoms with Crippen LogP contribution in [0.4, 0.5) is 24.5 Å². The molecule has 1 N–H and O–H groups in total. The van der Waals surface area contributed by atoms with E-state index < -0.39 is 28.4 Å². The average molecular weight is 355 g/mol. The first-order valence-corrected chi connectivity index (χ1v) is 7.81. The molecule has 0 spiro atoms. The van der Waals surface area contributed by atoms with Gasteiger partial charge in [-0.05, 0) is 31.9 Å². The molecule has 7 nitrogen and oxygen atoms in total. The lowest BCUT2D eigenvalue weighted by Crippen LogP contribution is -2.18. The highest BCUT2D eigenvalue weighted by molar-refractivity contribution is 5.63. The quantitative estimate of drug-likeness (QED) is 0.667. The Morgan fingerprint density at radius 3 is 2.76 bits per heavy atom. The van der Waals surface area contributed by atoms with Crippen molar-refractivity contribution in [2.24, 2.45) is 0 Å². The number of nitrogens with one attached hydrogen (secondary N) is 1. The third kappa shape index (κ3) is 3.42. The van der Waals surface area contributed by atoms with Gasteiger partial charge in [-0.3, -0.25) is 10.1 Å². The molecule has 1 aliphatic heterocycles. The van der Waals surface area contributed by atoms with Gasteiger partial charge in [0.15, 0.2) is 5.82 Å². The molecule has 0 fully saturated rings. The van der Waals surface area contributed by atoms with Crippen LogP contribution < -0.4 is 5.32 Å². The van der Waals surface area contributed by atoms with Crippen molar-refractivity contribution in [3.63, 3.8) is 0 Å². The van der Waals surface area contributed by atoms with Gasteiger partial charge in [0.05, 0.1) is 16.5 Å². The van der Waals surface area contributed by atoms with E-state index in [1.54, 1.807) is 6.92 Å². The Labute approximate surface area is 141 Å². The van der Waals surface area contributed by atoms with E-state index in [9.17, 15) is 23.3 Å². The number of halogens is 3. The van der Waals surface area contributed by atoms with Gasteiger partial charge in [0.25, 0.3) is 5.69 Å². The molecular weight excluding hydrogens is 339 g/mol. The summed E-state index contributed by atoms with van der Waals surface area (Å²) in [5, 5.41) is 22.3. The van der Waals surface area contributed by atoms with Crippen LogP contribution in [0.25, 0.3) is 0 Å². The molecule has 1 atom stereocenters. The van der Waals surface area contributed by atoms with Crippen molar-refractivity contribution in [2.75, 3.05) is 5.32 Å². The van der Waals surface area contributed by atoms with E-state index in [-0.39, 0.29) is 5.69 Å². The molecule has 0 aliphatic carbocycles. The number of anilines is 1. The number of hydrogen-bond acceptors (Lipinski definition) is 5. The topological polar surface area (TPSA) is 85.9 Å². The Bertz CT molecular complexity index is 803. The molecule has 0 saturated carbocycles. The molecule has 0 amide bonds. The molecule has 134 valence electrons. The van der Waals surface area contributed by atoms with Crippen molar-refractivity contribution in [1.82, 2.24) is 14.8 Å². The predicted molar refractivity (Wildman–Crippen MR) is 83.1 cm³/mol. The summed E-state index contributed by atoms with van der Waals surface area (Å²) in [7, 11) is 0. The number of aromatic nitrogens is 3. The Hall–Kier alpha value is -2.65. The van der Waals surface area contributed by atoms with Crippen molar-refractivity contribution >= 4 is 11.4 Å². The van der Waals surface area contributed by atoms with Crippen LogP contribution in [0.1, 0.15) is 43.0 Å². The van der Waals surface area contributed by atoms with Gasteiger partial charge in [0, 0.05) is 19.0 Å². The molecule has 0 bridgehead atoms. The van der Waals surface area contributed by atoms with E-state index in [2.05, 4.69) is 15.5 Å². The van der Waals surface area contributed by atoms with Crippen LogP contribution in [0.2, 0.25) is 0 Å². The molecule has 3 rings (SSSR count). The van der Waals surface area contributed by atoms with Gasteiger partial charge in [0.1, 0.15) is 11.5 Å². The number of rotatable bonds is 4. The zero-order valence-electron chi connectivity index (χ0n) is 13.4. The average Bonchev–Trinajstić information content (AvgIpc) is 2.98. The highest BCUT2D eigenvalue weighted by atomic mass is 19.4. The van der Waals surface area contributed by atoms with Crippen LogP contribution in [0.3, 0.4) is 0 Å². The first-order chi connectivity index (χ1) is 11.8. The molecule has 1 aliphatic rings. The molecule has 2 heterocycles. The summed E-state index contributed by atoms with van der Waals surface area (Å²) in [6, 6.07) is 2.00. The van der Waals surface area contributed by atoms with E-state index in [4.69, 9.17) is 0 Å². The highest BCUT2D eigenvalue weighted by Crippen LogP contribution is 2.36. The van der Waals surface area contributed by atoms with Crippen LogP contribution in [-0.4, -0.2) is 19.7 Å². The fourth-order valence-electron chi connectivity index (χ4n) is 2.93. The zero-order valence-corrected chi connectivity index (χ0v) is 13.4. The third-order valence-corrected chi connectivity index (χ3v) is 4.17. The van der Waals surface area contributed by atoms with Crippen LogP contribution in [0, 0.1) is 10.1 Å². The summed E-state index contributed by atoms with van der Waals surface area (Å²) in [5.74, 6) is 1.47. The lowest BCUT2D eigenvalue weighted by Gasteiger charge is -2.19. The number of nitrogens with zero attached hydrogens (tertiary/aromatic N) is 4. The predicted octanol–water partition coefficient (Wildman–Crippen LogP) is 3.71. The Morgan fingerprint density at radius 1 is 1.32 bits per heavy atom. The summed E-state index contributed by atoms with van der Waals surface area (Å²) in [4.78, 5) is 10.3. The maximum absolute atomic E-state index is 12.8. The van der Waals surface area contributed by atoms with Crippen molar-refractivity contribution in [3.8, 4) is 0 Å². The second-order valence-corrected chi connectivity index (χ2v) is 5.94. The molecule has 1 unspecified atom stereocenters. The van der Waals surface area contributed by atoms with Gasteiger partial charge in [-0.1, -0.05) is 0 Å². The Balaban J connectivity index is 1.89. The van der Waals surface area contributed by atoms with Gasteiger partial charge < -0.3 is 9.88 Å². The van der Waals surface area contributed by atoms with Crippen LogP contribution in [-0.2, 0) is 19.1 Å². The number of fused-ring (bicyclic) bond motifs is 1. The molecule has 0 saturated heterocycles. The van der Waals surface area contributed by atoms with Crippen molar-refractivity contribution in [1.29, 1.82) is 0 Å². The standard InChI is InChI=1S/C15H16F3N5O2/c1-9(14-21-20-13-4-2-3-7-22(13)14)19-11-6-5-10(15(16,17)18)8-12(11)23(24)25/h5-6,8-9,19H,2-4,7H2,1H3. The first kappa shape index (κ1) is 17.2. The summed E-state index contributed by atoms with van der Waals surface area (Å²) >= 11 is 0. The zero-order chi connectivity index (χ0) is 18.2. The monoisotopic (exact) mass is 355 g/mol. The highest BCUT2D eigenvalue weighted by Gasteiger charge is 2.33. The van der Waals surface area contributed by atoms with Gasteiger partial charge in [-0.2, -0.15) is 13.2 Å². The first-order valence-electron chi connectivity index (χ1n) is 7.81. The summed E-state index contributed by atoms with van der Waals surface area (Å²) in [6.07, 6.45) is -1.80.